The van der Waals surface area contributed by atoms with Crippen molar-refractivity contribution in [2.24, 2.45) is 7.05 Å². The maximum atomic E-state index is 4.60. The van der Waals surface area contributed by atoms with Crippen LogP contribution in [0.25, 0.3) is 10.2 Å². The van der Waals surface area contributed by atoms with Crippen LogP contribution in [-0.2, 0) is 19.9 Å². The first kappa shape index (κ1) is 11.8. The van der Waals surface area contributed by atoms with E-state index in [0.717, 1.165) is 28.6 Å². The number of thiophene rings is 1. The second-order valence-electron chi connectivity index (χ2n) is 5.18. The van der Waals surface area contributed by atoms with Crippen molar-refractivity contribution in [1.82, 2.24) is 19.7 Å². The molecule has 3 heterocycles. The Labute approximate surface area is 120 Å². The monoisotopic (exact) mass is 285 g/mol. The van der Waals surface area contributed by atoms with E-state index in [1.165, 1.54) is 28.7 Å². The molecule has 4 rings (SSSR count). The van der Waals surface area contributed by atoms with Crippen molar-refractivity contribution in [2.45, 2.75) is 26.2 Å². The van der Waals surface area contributed by atoms with Gasteiger partial charge in [0.25, 0.3) is 0 Å². The fourth-order valence-corrected chi connectivity index (χ4v) is 4.12. The molecule has 0 saturated carbocycles. The molecule has 1 aliphatic rings. The van der Waals surface area contributed by atoms with Gasteiger partial charge in [0.1, 0.15) is 16.5 Å². The summed E-state index contributed by atoms with van der Waals surface area (Å²) in [4.78, 5) is 11.8. The van der Waals surface area contributed by atoms with Crippen LogP contribution in [0.1, 0.15) is 22.7 Å². The average Bonchev–Trinajstić information content (AvgIpc) is 3.04. The van der Waals surface area contributed by atoms with Crippen LogP contribution in [-0.4, -0.2) is 19.7 Å². The third-order valence-electron chi connectivity index (χ3n) is 3.64. The minimum atomic E-state index is 0.809. The lowest BCUT2D eigenvalue weighted by Crippen LogP contribution is -1.98. The fraction of sp³-hybridized carbons (Fsp3) is 0.357. The number of nitrogens with one attached hydrogen (secondary N) is 1. The summed E-state index contributed by atoms with van der Waals surface area (Å²) in [7, 11) is 1.91. The largest absolute Gasteiger partial charge is 0.337 e. The lowest BCUT2D eigenvalue weighted by molar-refractivity contribution is 0.768. The number of hydrogen-bond acceptors (Lipinski definition) is 5. The van der Waals surface area contributed by atoms with Crippen molar-refractivity contribution in [2.75, 3.05) is 5.32 Å². The number of rotatable bonds is 2. The summed E-state index contributed by atoms with van der Waals surface area (Å²) in [6.07, 6.45) is 7.34. The topological polar surface area (TPSA) is 55.6 Å². The number of aromatic nitrogens is 4. The van der Waals surface area contributed by atoms with E-state index < -0.39 is 0 Å². The van der Waals surface area contributed by atoms with Gasteiger partial charge in [-0.15, -0.1) is 11.3 Å². The highest BCUT2D eigenvalue weighted by atomic mass is 32.1. The summed E-state index contributed by atoms with van der Waals surface area (Å²) in [5, 5.41) is 8.79. The number of hydrogen-bond donors (Lipinski definition) is 1. The molecule has 0 spiro atoms. The highest BCUT2D eigenvalue weighted by Gasteiger charge is 2.22. The molecule has 0 saturated heterocycles. The van der Waals surface area contributed by atoms with Crippen LogP contribution < -0.4 is 5.32 Å². The van der Waals surface area contributed by atoms with Gasteiger partial charge >= 0.3 is 0 Å². The Kier molecular flexibility index (Phi) is 2.53. The van der Waals surface area contributed by atoms with Gasteiger partial charge < -0.3 is 5.32 Å². The summed E-state index contributed by atoms with van der Waals surface area (Å²) in [6.45, 7) is 1.94. The standard InChI is InChI=1S/C14H15N5S/c1-8-16-13(18-9-6-15-19(2)7-9)12-10-4-3-5-11(10)20-14(12)17-8/h6-7H,3-5H2,1-2H3,(H,16,17,18). The molecule has 3 aromatic rings. The predicted octanol–water partition coefficient (Wildman–Crippen LogP) is 2.97. The first-order valence-corrected chi connectivity index (χ1v) is 7.57. The van der Waals surface area contributed by atoms with E-state index in [-0.39, 0.29) is 0 Å². The zero-order valence-electron chi connectivity index (χ0n) is 11.5. The number of anilines is 2. The normalized spacial score (nSPS) is 13.9. The lowest BCUT2D eigenvalue weighted by Gasteiger charge is -2.06. The molecule has 0 atom stereocenters. The molecule has 0 radical (unpaired) electrons. The Morgan fingerprint density at radius 1 is 1.30 bits per heavy atom. The molecule has 1 N–H and O–H groups in total. The van der Waals surface area contributed by atoms with Gasteiger partial charge in [-0.05, 0) is 31.7 Å². The predicted molar refractivity (Wildman–Crippen MR) is 80.7 cm³/mol. The molecule has 0 fully saturated rings. The lowest BCUT2D eigenvalue weighted by atomic mass is 10.2. The third-order valence-corrected chi connectivity index (χ3v) is 4.83. The van der Waals surface area contributed by atoms with Crippen LogP contribution >= 0.6 is 11.3 Å². The molecule has 5 nitrogen and oxygen atoms in total. The molecule has 0 aromatic carbocycles. The Bertz CT molecular complexity index is 801. The van der Waals surface area contributed by atoms with Crippen molar-refractivity contribution in [3.05, 3.63) is 28.7 Å². The van der Waals surface area contributed by atoms with E-state index in [1.807, 2.05) is 37.7 Å². The van der Waals surface area contributed by atoms with E-state index in [4.69, 9.17) is 0 Å². The van der Waals surface area contributed by atoms with Gasteiger partial charge in [-0.2, -0.15) is 5.10 Å². The second-order valence-corrected chi connectivity index (χ2v) is 6.27. The highest BCUT2D eigenvalue weighted by Crippen LogP contribution is 2.40. The quantitative estimate of drug-likeness (QED) is 0.786. The van der Waals surface area contributed by atoms with Crippen LogP contribution in [0.3, 0.4) is 0 Å². The smallest absolute Gasteiger partial charge is 0.143 e. The SMILES string of the molecule is Cc1nc(Nc2cnn(C)c2)c2c3c(sc2n1)CCC3. The van der Waals surface area contributed by atoms with Gasteiger partial charge in [-0.1, -0.05) is 0 Å². The molecule has 0 amide bonds. The number of aryl methyl sites for hydroxylation is 4. The minimum absolute atomic E-state index is 0.809. The molecule has 0 aliphatic heterocycles. The molecule has 20 heavy (non-hydrogen) atoms. The molecule has 0 bridgehead atoms. The Balaban J connectivity index is 1.88. The fourth-order valence-electron chi connectivity index (χ4n) is 2.82. The molecule has 6 heteroatoms. The molecule has 0 unspecified atom stereocenters. The van der Waals surface area contributed by atoms with Gasteiger partial charge in [0.2, 0.25) is 0 Å². The van der Waals surface area contributed by atoms with Crippen LogP contribution in [0.15, 0.2) is 12.4 Å². The van der Waals surface area contributed by atoms with Crippen molar-refractivity contribution >= 4 is 33.1 Å². The number of nitrogens with zero attached hydrogens (tertiary/aromatic N) is 4. The van der Waals surface area contributed by atoms with E-state index in [0.29, 0.717) is 0 Å². The maximum absolute atomic E-state index is 4.60. The first-order chi connectivity index (χ1) is 9.70. The van der Waals surface area contributed by atoms with E-state index in [2.05, 4.69) is 20.4 Å². The van der Waals surface area contributed by atoms with Crippen molar-refractivity contribution in [3.8, 4) is 0 Å². The molecule has 102 valence electrons. The van der Waals surface area contributed by atoms with E-state index in [9.17, 15) is 0 Å². The minimum Gasteiger partial charge on any atom is -0.337 e. The van der Waals surface area contributed by atoms with Crippen LogP contribution in [0.2, 0.25) is 0 Å². The van der Waals surface area contributed by atoms with Crippen LogP contribution in [0, 0.1) is 6.92 Å². The highest BCUT2D eigenvalue weighted by molar-refractivity contribution is 7.19. The van der Waals surface area contributed by atoms with E-state index in [1.54, 1.807) is 4.68 Å². The van der Waals surface area contributed by atoms with Crippen molar-refractivity contribution in [1.29, 1.82) is 0 Å². The van der Waals surface area contributed by atoms with Gasteiger partial charge in [0.05, 0.1) is 17.3 Å². The Morgan fingerprint density at radius 2 is 2.20 bits per heavy atom. The number of fused-ring (bicyclic) bond motifs is 3. The van der Waals surface area contributed by atoms with Crippen molar-refractivity contribution in [3.63, 3.8) is 0 Å². The maximum Gasteiger partial charge on any atom is 0.143 e. The summed E-state index contributed by atoms with van der Waals surface area (Å²) in [5.74, 6) is 1.73. The molecular weight excluding hydrogens is 270 g/mol. The molecule has 1 aliphatic carbocycles. The average molecular weight is 285 g/mol. The Morgan fingerprint density at radius 3 is 3.00 bits per heavy atom. The third kappa shape index (κ3) is 1.79. The summed E-state index contributed by atoms with van der Waals surface area (Å²) in [6, 6.07) is 0. The Hall–Kier alpha value is -1.95. The van der Waals surface area contributed by atoms with Gasteiger partial charge in [-0.3, -0.25) is 4.68 Å². The zero-order chi connectivity index (χ0) is 13.7. The van der Waals surface area contributed by atoms with Gasteiger partial charge in [0.15, 0.2) is 0 Å². The summed E-state index contributed by atoms with van der Waals surface area (Å²) < 4.78 is 1.78. The van der Waals surface area contributed by atoms with Gasteiger partial charge in [0, 0.05) is 18.1 Å². The summed E-state index contributed by atoms with van der Waals surface area (Å²) >= 11 is 1.82. The van der Waals surface area contributed by atoms with E-state index >= 15 is 0 Å². The molecule has 3 aromatic heterocycles. The first-order valence-electron chi connectivity index (χ1n) is 6.75. The molecular formula is C14H15N5S. The van der Waals surface area contributed by atoms with Crippen LogP contribution in [0.4, 0.5) is 11.5 Å². The van der Waals surface area contributed by atoms with Gasteiger partial charge in [-0.25, -0.2) is 9.97 Å². The van der Waals surface area contributed by atoms with Crippen LogP contribution in [0.5, 0.6) is 0 Å². The summed E-state index contributed by atoms with van der Waals surface area (Å²) in [5.41, 5.74) is 2.40. The van der Waals surface area contributed by atoms with Crippen molar-refractivity contribution < 1.29 is 0 Å². The second kappa shape index (κ2) is 4.28. The zero-order valence-corrected chi connectivity index (χ0v) is 12.3.